The molecule has 0 amide bonds. The number of hydrogen-bond acceptors (Lipinski definition) is 5. The summed E-state index contributed by atoms with van der Waals surface area (Å²) in [6, 6.07) is 14.9. The van der Waals surface area contributed by atoms with Crippen molar-refractivity contribution < 1.29 is 14.2 Å². The Hall–Kier alpha value is -3.41. The number of hydrogen-bond donors (Lipinski definition) is 3. The lowest BCUT2D eigenvalue weighted by molar-refractivity contribution is -0.289. The van der Waals surface area contributed by atoms with E-state index in [9.17, 15) is 4.79 Å². The molecule has 0 atom stereocenters. The molecular weight excluding hydrogens is 306 g/mol. The minimum Gasteiger partial charge on any atom is -0.398 e. The molecule has 6 heteroatoms. The largest absolute Gasteiger partial charge is 0.398 e. The summed E-state index contributed by atoms with van der Waals surface area (Å²) in [6.45, 7) is 1.34. The van der Waals surface area contributed by atoms with Gasteiger partial charge in [-0.1, -0.05) is 24.3 Å². The van der Waals surface area contributed by atoms with Crippen molar-refractivity contribution in [1.82, 2.24) is 0 Å². The summed E-state index contributed by atoms with van der Waals surface area (Å²) in [5.41, 5.74) is 14.8. The van der Waals surface area contributed by atoms with Crippen molar-refractivity contribution in [2.75, 3.05) is 16.8 Å². The van der Waals surface area contributed by atoms with Crippen LogP contribution in [0, 0.1) is 0 Å². The SMILES string of the molecule is CC(=O)O[O+]1c2cc(N)ccc2Nc2c1cc(N)c1ccccc21. The van der Waals surface area contributed by atoms with Gasteiger partial charge in [-0.2, -0.15) is 0 Å². The Kier molecular flexibility index (Phi) is 2.99. The third-order valence-corrected chi connectivity index (χ3v) is 3.91. The number of nitrogens with one attached hydrogen (secondary N) is 1. The van der Waals surface area contributed by atoms with Crippen molar-refractivity contribution in [2.45, 2.75) is 6.92 Å². The highest BCUT2D eigenvalue weighted by Crippen LogP contribution is 2.51. The van der Waals surface area contributed by atoms with Gasteiger partial charge in [0.05, 0.1) is 12.1 Å². The molecule has 3 aromatic rings. The van der Waals surface area contributed by atoms with Gasteiger partial charge in [-0.05, 0) is 12.1 Å². The van der Waals surface area contributed by atoms with Gasteiger partial charge >= 0.3 is 17.5 Å². The van der Waals surface area contributed by atoms with E-state index in [-0.39, 0.29) is 0 Å². The summed E-state index contributed by atoms with van der Waals surface area (Å²) in [5.74, 6) is 0.694. The van der Waals surface area contributed by atoms with Crippen LogP contribution in [0.1, 0.15) is 6.92 Å². The molecule has 0 aromatic heterocycles. The molecule has 0 bridgehead atoms. The zero-order valence-corrected chi connectivity index (χ0v) is 13.0. The lowest BCUT2D eigenvalue weighted by Gasteiger charge is -2.26. The molecule has 24 heavy (non-hydrogen) atoms. The number of carbonyl (C=O) groups is 1. The molecule has 0 fully saturated rings. The van der Waals surface area contributed by atoms with Gasteiger partial charge in [0.15, 0.2) is 0 Å². The summed E-state index contributed by atoms with van der Waals surface area (Å²) in [7, 11) is 0. The second-order valence-electron chi connectivity index (χ2n) is 5.61. The van der Waals surface area contributed by atoms with E-state index in [0.29, 0.717) is 22.9 Å². The Morgan fingerprint density at radius 3 is 2.54 bits per heavy atom. The molecule has 0 saturated carbocycles. The van der Waals surface area contributed by atoms with E-state index in [1.807, 2.05) is 30.3 Å². The zero-order valence-electron chi connectivity index (χ0n) is 13.0. The topological polar surface area (TPSA) is 93.1 Å². The number of rotatable bonds is 1. The number of nitrogens with two attached hydrogens (primary N) is 2. The third kappa shape index (κ3) is 2.08. The van der Waals surface area contributed by atoms with Crippen LogP contribution in [0.3, 0.4) is 0 Å². The molecule has 120 valence electrons. The van der Waals surface area contributed by atoms with E-state index < -0.39 is 5.97 Å². The van der Waals surface area contributed by atoms with Gasteiger partial charge in [-0.25, -0.2) is 4.79 Å². The lowest BCUT2D eigenvalue weighted by atomic mass is 10.0. The average molecular weight is 322 g/mol. The molecule has 0 spiro atoms. The standard InChI is InChI=1S/C18H16N3O3/c1-10(22)23-24-16-8-11(19)6-7-15(16)21-18-13-5-3-2-4-12(13)14(20)9-17(18)24/h2-9,21H,19-20H2,1H3/q+1. The number of benzene rings is 3. The van der Waals surface area contributed by atoms with Crippen LogP contribution in [0.4, 0.5) is 22.7 Å². The highest BCUT2D eigenvalue weighted by atomic mass is 17.3. The Bertz CT molecular complexity index is 985. The van der Waals surface area contributed by atoms with Gasteiger partial charge in [0.2, 0.25) is 0 Å². The molecule has 0 radical (unpaired) electrons. The van der Waals surface area contributed by atoms with Crippen molar-refractivity contribution in [3.8, 4) is 11.5 Å². The normalized spacial score (nSPS) is 12.3. The van der Waals surface area contributed by atoms with Gasteiger partial charge in [0.1, 0.15) is 11.4 Å². The molecule has 0 unspecified atom stereocenters. The molecule has 5 N–H and O–H groups in total. The molecule has 3 aromatic carbocycles. The van der Waals surface area contributed by atoms with Crippen molar-refractivity contribution in [3.05, 3.63) is 48.5 Å². The number of fused-ring (bicyclic) bond motifs is 4. The van der Waals surface area contributed by atoms with Crippen molar-refractivity contribution in [1.29, 1.82) is 0 Å². The Balaban J connectivity index is 2.02. The summed E-state index contributed by atoms with van der Waals surface area (Å²) < 4.78 is 2.48. The maximum Gasteiger partial charge on any atom is 0.398 e. The molecule has 1 heterocycles. The van der Waals surface area contributed by atoms with E-state index >= 15 is 0 Å². The third-order valence-electron chi connectivity index (χ3n) is 3.91. The van der Waals surface area contributed by atoms with E-state index in [4.69, 9.17) is 16.4 Å². The van der Waals surface area contributed by atoms with Crippen LogP contribution in [0.15, 0.2) is 48.5 Å². The molecule has 0 aliphatic carbocycles. The Morgan fingerprint density at radius 2 is 1.79 bits per heavy atom. The number of carbonyl (C=O) groups excluding carboxylic acids is 1. The van der Waals surface area contributed by atoms with Crippen molar-refractivity contribution in [2.24, 2.45) is 0 Å². The monoisotopic (exact) mass is 322 g/mol. The van der Waals surface area contributed by atoms with E-state index in [2.05, 4.69) is 9.83 Å². The fraction of sp³-hybridized carbons (Fsp3) is 0.0556. The molecule has 1 aliphatic rings. The van der Waals surface area contributed by atoms with Gasteiger partial charge < -0.3 is 16.8 Å². The fourth-order valence-electron chi connectivity index (χ4n) is 2.91. The molecule has 6 nitrogen and oxygen atoms in total. The molecular formula is C18H16N3O3+. The smallest absolute Gasteiger partial charge is 0.398 e. The van der Waals surface area contributed by atoms with Crippen LogP contribution in [0.2, 0.25) is 0 Å². The second kappa shape index (κ2) is 5.06. The summed E-state index contributed by atoms with van der Waals surface area (Å²) in [6.07, 6.45) is 0. The van der Waals surface area contributed by atoms with Gasteiger partial charge in [-0.3, -0.25) is 4.52 Å². The van der Waals surface area contributed by atoms with Gasteiger partial charge in [-0.15, -0.1) is 4.89 Å². The van der Waals surface area contributed by atoms with Crippen LogP contribution >= 0.6 is 0 Å². The van der Waals surface area contributed by atoms with Crippen LogP contribution in [0.25, 0.3) is 10.8 Å². The maximum atomic E-state index is 11.6. The van der Waals surface area contributed by atoms with E-state index in [1.54, 1.807) is 18.2 Å². The van der Waals surface area contributed by atoms with E-state index in [1.165, 1.54) is 6.92 Å². The first-order valence-corrected chi connectivity index (χ1v) is 7.45. The maximum absolute atomic E-state index is 11.6. The Morgan fingerprint density at radius 1 is 1.04 bits per heavy atom. The highest BCUT2D eigenvalue weighted by molar-refractivity contribution is 6.06. The van der Waals surface area contributed by atoms with E-state index in [0.717, 1.165) is 22.1 Å². The van der Waals surface area contributed by atoms with Gasteiger partial charge in [0.25, 0.3) is 0 Å². The molecule has 1 aliphatic heterocycles. The Labute approximate surface area is 138 Å². The quantitative estimate of drug-likeness (QED) is 0.359. The van der Waals surface area contributed by atoms with Crippen molar-refractivity contribution in [3.63, 3.8) is 0 Å². The molecule has 4 rings (SSSR count). The number of anilines is 4. The molecule has 0 saturated heterocycles. The predicted molar refractivity (Wildman–Crippen MR) is 94.3 cm³/mol. The summed E-state index contributed by atoms with van der Waals surface area (Å²) in [4.78, 5) is 17.0. The lowest BCUT2D eigenvalue weighted by Crippen LogP contribution is -2.23. The highest BCUT2D eigenvalue weighted by Gasteiger charge is 2.36. The van der Waals surface area contributed by atoms with Crippen LogP contribution in [-0.4, -0.2) is 5.97 Å². The summed E-state index contributed by atoms with van der Waals surface area (Å²) >= 11 is 0. The van der Waals surface area contributed by atoms with Gasteiger partial charge in [0, 0.05) is 29.1 Å². The average Bonchev–Trinajstić information content (AvgIpc) is 2.56. The van der Waals surface area contributed by atoms with Crippen LogP contribution in [0.5, 0.6) is 11.5 Å². The van der Waals surface area contributed by atoms with Crippen LogP contribution < -0.4 is 21.3 Å². The predicted octanol–water partition coefficient (Wildman–Crippen LogP) is 3.87. The first-order chi connectivity index (χ1) is 11.5. The summed E-state index contributed by atoms with van der Waals surface area (Å²) in [5, 5.41) is 5.23. The zero-order chi connectivity index (χ0) is 16.8. The van der Waals surface area contributed by atoms with Crippen LogP contribution in [-0.2, 0) is 9.68 Å². The minimum absolute atomic E-state index is 0.465. The minimum atomic E-state index is -0.465. The fourth-order valence-corrected chi connectivity index (χ4v) is 2.91. The first kappa shape index (κ1) is 14.2. The first-order valence-electron chi connectivity index (χ1n) is 7.45. The van der Waals surface area contributed by atoms with Crippen molar-refractivity contribution >= 4 is 39.5 Å². The number of nitrogen functional groups attached to an aromatic ring is 2. The second-order valence-corrected chi connectivity index (χ2v) is 5.61.